The van der Waals surface area contributed by atoms with Gasteiger partial charge in [0.25, 0.3) is 0 Å². The van der Waals surface area contributed by atoms with Crippen molar-refractivity contribution in [1.29, 1.82) is 0 Å². The number of rotatable bonds is 4. The summed E-state index contributed by atoms with van der Waals surface area (Å²) in [6, 6.07) is 4.37. The van der Waals surface area contributed by atoms with Crippen molar-refractivity contribution < 1.29 is 9.47 Å². The summed E-state index contributed by atoms with van der Waals surface area (Å²) >= 11 is 3.60. The van der Waals surface area contributed by atoms with E-state index in [1.165, 1.54) is 17.5 Å². The molecule has 21 heavy (non-hydrogen) atoms. The van der Waals surface area contributed by atoms with Gasteiger partial charge in [0.05, 0.1) is 18.2 Å². The first kappa shape index (κ1) is 15.3. The van der Waals surface area contributed by atoms with Crippen molar-refractivity contribution in [3.05, 3.63) is 27.7 Å². The number of nitrogens with two attached hydrogens (primary N) is 1. The molecular formula is C16H23BrN2O2. The molecule has 116 valence electrons. The van der Waals surface area contributed by atoms with Crippen LogP contribution in [0.4, 0.5) is 0 Å². The number of ether oxygens (including phenoxy) is 2. The highest BCUT2D eigenvalue weighted by Gasteiger charge is 2.37. The fourth-order valence-corrected chi connectivity index (χ4v) is 3.95. The van der Waals surface area contributed by atoms with Crippen molar-refractivity contribution >= 4 is 15.9 Å². The van der Waals surface area contributed by atoms with Crippen molar-refractivity contribution in [3.63, 3.8) is 0 Å². The standard InChI is InChI=1S/C16H23BrN2O2/c1-16(5-2-3-6-21-16)14(19-18)10-12-9-13(17)8-11-4-7-20-15(11)12/h8-9,14,19H,2-7,10,18H2,1H3. The lowest BCUT2D eigenvalue weighted by molar-refractivity contribution is -0.0885. The lowest BCUT2D eigenvalue weighted by Crippen LogP contribution is -2.55. The molecule has 1 fully saturated rings. The Kier molecular flexibility index (Phi) is 4.54. The van der Waals surface area contributed by atoms with Crippen LogP contribution in [0.25, 0.3) is 0 Å². The Bertz CT molecular complexity index is 515. The first-order valence-corrected chi connectivity index (χ1v) is 8.46. The summed E-state index contributed by atoms with van der Waals surface area (Å²) < 4.78 is 13.0. The number of benzene rings is 1. The normalized spacial score (nSPS) is 26.2. The lowest BCUT2D eigenvalue weighted by Gasteiger charge is -2.40. The van der Waals surface area contributed by atoms with E-state index in [0.29, 0.717) is 0 Å². The van der Waals surface area contributed by atoms with Crippen LogP contribution in [0, 0.1) is 0 Å². The fraction of sp³-hybridized carbons (Fsp3) is 0.625. The Morgan fingerprint density at radius 1 is 1.38 bits per heavy atom. The maximum atomic E-state index is 6.05. The molecular weight excluding hydrogens is 332 g/mol. The second-order valence-corrected chi connectivity index (χ2v) is 7.11. The molecule has 2 aliphatic rings. The highest BCUT2D eigenvalue weighted by molar-refractivity contribution is 9.10. The molecule has 2 heterocycles. The first-order chi connectivity index (χ1) is 10.1. The zero-order valence-corrected chi connectivity index (χ0v) is 14.0. The van der Waals surface area contributed by atoms with Crippen molar-refractivity contribution in [2.75, 3.05) is 13.2 Å². The molecule has 0 radical (unpaired) electrons. The first-order valence-electron chi connectivity index (χ1n) is 7.66. The van der Waals surface area contributed by atoms with Crippen LogP contribution in [0.1, 0.15) is 37.3 Å². The van der Waals surface area contributed by atoms with Crippen LogP contribution >= 0.6 is 15.9 Å². The fourth-order valence-electron chi connectivity index (χ4n) is 3.40. The van der Waals surface area contributed by atoms with E-state index in [-0.39, 0.29) is 11.6 Å². The Balaban J connectivity index is 1.84. The molecule has 0 saturated carbocycles. The minimum absolute atomic E-state index is 0.0837. The molecule has 2 atom stereocenters. The van der Waals surface area contributed by atoms with E-state index in [2.05, 4.69) is 40.4 Å². The Morgan fingerprint density at radius 2 is 2.24 bits per heavy atom. The van der Waals surface area contributed by atoms with Gasteiger partial charge in [-0.05, 0) is 55.9 Å². The molecule has 3 N–H and O–H groups in total. The van der Waals surface area contributed by atoms with Gasteiger partial charge in [-0.2, -0.15) is 0 Å². The van der Waals surface area contributed by atoms with Gasteiger partial charge in [0.1, 0.15) is 5.75 Å². The van der Waals surface area contributed by atoms with E-state index < -0.39 is 0 Å². The number of hydrazine groups is 1. The maximum absolute atomic E-state index is 6.05. The van der Waals surface area contributed by atoms with E-state index in [1.54, 1.807) is 0 Å². The van der Waals surface area contributed by atoms with Crippen molar-refractivity contribution in [2.45, 2.75) is 50.7 Å². The van der Waals surface area contributed by atoms with Crippen molar-refractivity contribution in [2.24, 2.45) is 5.84 Å². The average Bonchev–Trinajstić information content (AvgIpc) is 2.93. The molecule has 2 aliphatic heterocycles. The summed E-state index contributed by atoms with van der Waals surface area (Å²) in [4.78, 5) is 0. The van der Waals surface area contributed by atoms with E-state index in [9.17, 15) is 0 Å². The zero-order chi connectivity index (χ0) is 14.9. The van der Waals surface area contributed by atoms with E-state index >= 15 is 0 Å². The molecule has 0 bridgehead atoms. The maximum Gasteiger partial charge on any atom is 0.125 e. The third-order valence-electron chi connectivity index (χ3n) is 4.69. The van der Waals surface area contributed by atoms with E-state index in [0.717, 1.165) is 49.1 Å². The van der Waals surface area contributed by atoms with Crippen LogP contribution in [0.15, 0.2) is 16.6 Å². The summed E-state index contributed by atoms with van der Waals surface area (Å²) in [6.07, 6.45) is 5.17. The monoisotopic (exact) mass is 354 g/mol. The van der Waals surface area contributed by atoms with Crippen LogP contribution in [0.3, 0.4) is 0 Å². The molecule has 0 aliphatic carbocycles. The van der Waals surface area contributed by atoms with Gasteiger partial charge < -0.3 is 9.47 Å². The lowest BCUT2D eigenvalue weighted by atomic mass is 9.84. The predicted molar refractivity (Wildman–Crippen MR) is 86.4 cm³/mol. The molecule has 0 amide bonds. The summed E-state index contributed by atoms with van der Waals surface area (Å²) in [5, 5.41) is 0. The Morgan fingerprint density at radius 3 is 2.95 bits per heavy atom. The highest BCUT2D eigenvalue weighted by Crippen LogP contribution is 2.36. The van der Waals surface area contributed by atoms with Crippen LogP contribution in [0.5, 0.6) is 5.75 Å². The molecule has 5 heteroatoms. The molecule has 3 rings (SSSR count). The minimum Gasteiger partial charge on any atom is -0.493 e. The smallest absolute Gasteiger partial charge is 0.125 e. The molecule has 0 aromatic heterocycles. The van der Waals surface area contributed by atoms with Crippen LogP contribution in [-0.4, -0.2) is 24.9 Å². The van der Waals surface area contributed by atoms with Crippen LogP contribution < -0.4 is 16.0 Å². The Labute approximate surface area is 134 Å². The van der Waals surface area contributed by atoms with Gasteiger partial charge in [0.15, 0.2) is 0 Å². The van der Waals surface area contributed by atoms with Crippen molar-refractivity contribution in [3.8, 4) is 5.75 Å². The molecule has 4 nitrogen and oxygen atoms in total. The Hall–Kier alpha value is -0.620. The second kappa shape index (κ2) is 6.24. The molecule has 1 aromatic carbocycles. The zero-order valence-electron chi connectivity index (χ0n) is 12.5. The number of fused-ring (bicyclic) bond motifs is 1. The van der Waals surface area contributed by atoms with Gasteiger partial charge >= 0.3 is 0 Å². The molecule has 1 saturated heterocycles. The molecule has 2 unspecified atom stereocenters. The van der Waals surface area contributed by atoms with Gasteiger partial charge in [-0.25, -0.2) is 0 Å². The average molecular weight is 355 g/mol. The number of nitrogens with one attached hydrogen (secondary N) is 1. The van der Waals surface area contributed by atoms with Gasteiger partial charge in [0.2, 0.25) is 0 Å². The van der Waals surface area contributed by atoms with Gasteiger partial charge in [0, 0.05) is 17.5 Å². The van der Waals surface area contributed by atoms with Gasteiger partial charge in [-0.15, -0.1) is 0 Å². The molecule has 0 spiro atoms. The number of hydrogen-bond donors (Lipinski definition) is 2. The quantitative estimate of drug-likeness (QED) is 0.644. The van der Waals surface area contributed by atoms with E-state index in [1.807, 2.05) is 0 Å². The highest BCUT2D eigenvalue weighted by atomic mass is 79.9. The summed E-state index contributed by atoms with van der Waals surface area (Å²) in [7, 11) is 0. The number of hydrogen-bond acceptors (Lipinski definition) is 4. The van der Waals surface area contributed by atoms with Gasteiger partial charge in [-0.3, -0.25) is 11.3 Å². The van der Waals surface area contributed by atoms with E-state index in [4.69, 9.17) is 15.3 Å². The third-order valence-corrected chi connectivity index (χ3v) is 5.14. The largest absolute Gasteiger partial charge is 0.493 e. The SMILES string of the molecule is CC1(C(Cc2cc(Br)cc3c2OCC3)NN)CCCCO1. The minimum atomic E-state index is -0.208. The second-order valence-electron chi connectivity index (χ2n) is 6.19. The van der Waals surface area contributed by atoms with Crippen LogP contribution in [-0.2, 0) is 17.6 Å². The topological polar surface area (TPSA) is 56.5 Å². The molecule has 1 aromatic rings. The third kappa shape index (κ3) is 3.11. The van der Waals surface area contributed by atoms with Crippen LogP contribution in [0.2, 0.25) is 0 Å². The number of halogens is 1. The summed E-state index contributed by atoms with van der Waals surface area (Å²) in [5.41, 5.74) is 5.25. The predicted octanol–water partition coefficient (Wildman–Crippen LogP) is 2.72. The van der Waals surface area contributed by atoms with Gasteiger partial charge in [-0.1, -0.05) is 15.9 Å². The van der Waals surface area contributed by atoms with Crippen molar-refractivity contribution in [1.82, 2.24) is 5.43 Å². The summed E-state index contributed by atoms with van der Waals surface area (Å²) in [6.45, 7) is 3.75. The summed E-state index contributed by atoms with van der Waals surface area (Å²) in [5.74, 6) is 6.88.